The number of methoxy groups -OCH3 is 1. The highest BCUT2D eigenvalue weighted by Gasteiger charge is 2.36. The van der Waals surface area contributed by atoms with E-state index < -0.39 is 10.0 Å². The van der Waals surface area contributed by atoms with E-state index in [1.54, 1.807) is 10.4 Å². The van der Waals surface area contributed by atoms with Crippen LogP contribution in [0, 0.1) is 13.8 Å². The van der Waals surface area contributed by atoms with E-state index >= 15 is 0 Å². The number of hydrogen-bond donors (Lipinski definition) is 1. The number of ether oxygens (including phenoxy) is 1. The van der Waals surface area contributed by atoms with Gasteiger partial charge in [0.1, 0.15) is 10.6 Å². The second kappa shape index (κ2) is 6.97. The average molecular weight is 361 g/mol. The van der Waals surface area contributed by atoms with Crippen LogP contribution in [0.25, 0.3) is 0 Å². The van der Waals surface area contributed by atoms with Gasteiger partial charge in [-0.1, -0.05) is 6.07 Å². The quantitative estimate of drug-likeness (QED) is 0.898. The molecule has 2 unspecified atom stereocenters. The first-order valence-corrected chi connectivity index (χ1v) is 9.27. The molecule has 7 heteroatoms. The molecule has 0 spiro atoms. The summed E-state index contributed by atoms with van der Waals surface area (Å²) in [7, 11) is -2.00. The lowest BCUT2D eigenvalue weighted by atomic mass is 10.1. The lowest BCUT2D eigenvalue weighted by Gasteiger charge is -2.25. The molecule has 130 valence electrons. The van der Waals surface area contributed by atoms with Gasteiger partial charge in [0.2, 0.25) is 10.0 Å². The fraction of sp³-hybridized carbons (Fsp3) is 0.625. The van der Waals surface area contributed by atoms with Gasteiger partial charge in [0, 0.05) is 25.2 Å². The van der Waals surface area contributed by atoms with E-state index in [-0.39, 0.29) is 18.4 Å². The normalized spacial score (nSPS) is 24.8. The van der Waals surface area contributed by atoms with Crippen LogP contribution >= 0.6 is 12.4 Å². The lowest BCUT2D eigenvalue weighted by Crippen LogP contribution is -2.39. The maximum Gasteiger partial charge on any atom is 0.247 e. The van der Waals surface area contributed by atoms with Crippen molar-refractivity contribution < 1.29 is 13.2 Å². The topological polar surface area (TPSA) is 58.6 Å². The zero-order chi connectivity index (χ0) is 15.9. The molecule has 2 fully saturated rings. The van der Waals surface area contributed by atoms with Crippen LogP contribution in [0.3, 0.4) is 0 Å². The van der Waals surface area contributed by atoms with Crippen LogP contribution in [0.15, 0.2) is 17.0 Å². The van der Waals surface area contributed by atoms with Gasteiger partial charge in [-0.15, -0.1) is 12.4 Å². The van der Waals surface area contributed by atoms with Crippen molar-refractivity contribution in [2.24, 2.45) is 0 Å². The minimum absolute atomic E-state index is 0. The summed E-state index contributed by atoms with van der Waals surface area (Å²) in [5, 5.41) is 3.52. The summed E-state index contributed by atoms with van der Waals surface area (Å²) in [5.41, 5.74) is 1.75. The fourth-order valence-corrected chi connectivity index (χ4v) is 5.50. The number of rotatable bonds is 3. The largest absolute Gasteiger partial charge is 0.495 e. The van der Waals surface area contributed by atoms with Gasteiger partial charge in [-0.05, 0) is 50.3 Å². The Balaban J connectivity index is 0.00000192. The second-order valence-electron chi connectivity index (χ2n) is 6.40. The van der Waals surface area contributed by atoms with Gasteiger partial charge in [-0.2, -0.15) is 4.31 Å². The van der Waals surface area contributed by atoms with E-state index in [9.17, 15) is 8.42 Å². The smallest absolute Gasteiger partial charge is 0.247 e. The zero-order valence-electron chi connectivity index (χ0n) is 13.8. The van der Waals surface area contributed by atoms with Gasteiger partial charge in [0.05, 0.1) is 7.11 Å². The van der Waals surface area contributed by atoms with Gasteiger partial charge in [-0.25, -0.2) is 8.42 Å². The second-order valence-corrected chi connectivity index (χ2v) is 8.28. The Morgan fingerprint density at radius 2 is 1.87 bits per heavy atom. The molecule has 0 radical (unpaired) electrons. The summed E-state index contributed by atoms with van der Waals surface area (Å²) >= 11 is 0. The van der Waals surface area contributed by atoms with E-state index in [4.69, 9.17) is 4.74 Å². The number of fused-ring (bicyclic) bond motifs is 2. The fourth-order valence-electron chi connectivity index (χ4n) is 3.66. The first-order valence-electron chi connectivity index (χ1n) is 7.83. The summed E-state index contributed by atoms with van der Waals surface area (Å²) in [5.74, 6) is 0.444. The molecule has 2 saturated heterocycles. The van der Waals surface area contributed by atoms with Crippen molar-refractivity contribution in [2.45, 2.75) is 50.1 Å². The van der Waals surface area contributed by atoms with Crippen LogP contribution in [0.4, 0.5) is 0 Å². The van der Waals surface area contributed by atoms with E-state index in [0.717, 1.165) is 30.4 Å². The van der Waals surface area contributed by atoms with Crippen LogP contribution < -0.4 is 10.1 Å². The summed E-state index contributed by atoms with van der Waals surface area (Å²) < 4.78 is 33.3. The molecule has 0 aromatic heterocycles. The first kappa shape index (κ1) is 18.5. The Hall–Kier alpha value is -0.820. The predicted molar refractivity (Wildman–Crippen MR) is 93.0 cm³/mol. The summed E-state index contributed by atoms with van der Waals surface area (Å²) in [6, 6.07) is 4.44. The first-order chi connectivity index (χ1) is 10.4. The number of hydrogen-bond acceptors (Lipinski definition) is 4. The van der Waals surface area contributed by atoms with Crippen molar-refractivity contribution in [3.8, 4) is 5.75 Å². The number of aryl methyl sites for hydroxylation is 2. The predicted octanol–water partition coefficient (Wildman–Crippen LogP) is 2.25. The SMILES string of the molecule is COc1cc(C)cc(C)c1S(=O)(=O)N1CCC2CCC(C1)N2.Cl. The number of nitrogens with one attached hydrogen (secondary N) is 1. The van der Waals surface area contributed by atoms with Crippen molar-refractivity contribution in [1.82, 2.24) is 9.62 Å². The van der Waals surface area contributed by atoms with Crippen molar-refractivity contribution in [3.05, 3.63) is 23.3 Å². The molecule has 0 aliphatic carbocycles. The highest BCUT2D eigenvalue weighted by molar-refractivity contribution is 7.89. The van der Waals surface area contributed by atoms with Crippen LogP contribution in [0.2, 0.25) is 0 Å². The molecule has 2 aliphatic rings. The standard InChI is InChI=1S/C16H24N2O3S.ClH/c1-11-8-12(2)16(15(9-11)21-3)22(19,20)18-7-6-13-4-5-14(10-18)17-13;/h8-9,13-14,17H,4-7,10H2,1-3H3;1H. The Labute approximate surface area is 144 Å². The average Bonchev–Trinajstić information content (AvgIpc) is 2.76. The maximum atomic E-state index is 13.1. The molecule has 5 nitrogen and oxygen atoms in total. The van der Waals surface area contributed by atoms with E-state index in [1.165, 1.54) is 7.11 Å². The third kappa shape index (κ3) is 3.50. The molecular formula is C16H25ClN2O3S. The molecule has 1 aromatic rings. The minimum atomic E-state index is -3.53. The molecule has 0 saturated carbocycles. The van der Waals surface area contributed by atoms with E-state index in [2.05, 4.69) is 5.32 Å². The molecule has 3 rings (SSSR count). The summed E-state index contributed by atoms with van der Waals surface area (Å²) in [6.07, 6.45) is 3.09. The van der Waals surface area contributed by atoms with E-state index in [1.807, 2.05) is 19.9 Å². The maximum absolute atomic E-state index is 13.1. The lowest BCUT2D eigenvalue weighted by molar-refractivity contribution is 0.372. The van der Waals surface area contributed by atoms with Crippen molar-refractivity contribution in [3.63, 3.8) is 0 Å². The zero-order valence-corrected chi connectivity index (χ0v) is 15.5. The van der Waals surface area contributed by atoms with Gasteiger partial charge in [-0.3, -0.25) is 0 Å². The highest BCUT2D eigenvalue weighted by atomic mass is 35.5. The Morgan fingerprint density at radius 1 is 1.17 bits per heavy atom. The Kier molecular flexibility index (Phi) is 5.61. The third-order valence-corrected chi connectivity index (χ3v) is 6.74. The molecule has 2 bridgehead atoms. The number of halogens is 1. The van der Waals surface area contributed by atoms with Crippen LogP contribution in [-0.2, 0) is 10.0 Å². The van der Waals surface area contributed by atoms with Crippen molar-refractivity contribution >= 4 is 22.4 Å². The van der Waals surface area contributed by atoms with Gasteiger partial charge in [0.25, 0.3) is 0 Å². The molecule has 1 aromatic carbocycles. The monoisotopic (exact) mass is 360 g/mol. The highest BCUT2D eigenvalue weighted by Crippen LogP contribution is 2.33. The van der Waals surface area contributed by atoms with Gasteiger partial charge < -0.3 is 10.1 Å². The molecule has 2 aliphatic heterocycles. The third-order valence-electron chi connectivity index (χ3n) is 4.69. The van der Waals surface area contributed by atoms with Crippen molar-refractivity contribution in [1.29, 1.82) is 0 Å². The van der Waals surface area contributed by atoms with Crippen LogP contribution in [-0.4, -0.2) is 45.0 Å². The molecular weight excluding hydrogens is 336 g/mol. The van der Waals surface area contributed by atoms with Gasteiger partial charge in [0.15, 0.2) is 0 Å². The van der Waals surface area contributed by atoms with Crippen molar-refractivity contribution in [2.75, 3.05) is 20.2 Å². The number of sulfonamides is 1. The van der Waals surface area contributed by atoms with E-state index in [0.29, 0.717) is 29.8 Å². The van der Waals surface area contributed by atoms with Gasteiger partial charge >= 0.3 is 0 Å². The molecule has 0 amide bonds. The molecule has 23 heavy (non-hydrogen) atoms. The molecule has 1 N–H and O–H groups in total. The van der Waals surface area contributed by atoms with Crippen LogP contribution in [0.5, 0.6) is 5.75 Å². The Morgan fingerprint density at radius 3 is 2.57 bits per heavy atom. The molecule has 2 atom stereocenters. The Bertz CT molecular complexity index is 678. The number of benzene rings is 1. The summed E-state index contributed by atoms with van der Waals surface area (Å²) in [6.45, 7) is 4.91. The number of nitrogens with zero attached hydrogens (tertiary/aromatic N) is 1. The molecule has 2 heterocycles. The minimum Gasteiger partial charge on any atom is -0.495 e. The summed E-state index contributed by atoms with van der Waals surface area (Å²) in [4.78, 5) is 0.318. The van der Waals surface area contributed by atoms with Crippen LogP contribution in [0.1, 0.15) is 30.4 Å².